The molecule has 1 saturated carbocycles. The van der Waals surface area contributed by atoms with Gasteiger partial charge in [-0.1, -0.05) is 35.2 Å². The van der Waals surface area contributed by atoms with Crippen molar-refractivity contribution in [1.82, 2.24) is 10.6 Å². The van der Waals surface area contributed by atoms with Crippen LogP contribution in [0.4, 0.5) is 0 Å². The van der Waals surface area contributed by atoms with Crippen LogP contribution < -0.4 is 10.6 Å². The van der Waals surface area contributed by atoms with Gasteiger partial charge in [0, 0.05) is 27.6 Å². The number of nitrogens with one attached hydrogen (secondary N) is 2. The molecule has 0 bridgehead atoms. The molecule has 0 radical (unpaired) electrons. The van der Waals surface area contributed by atoms with Crippen molar-refractivity contribution in [2.24, 2.45) is 0 Å². The van der Waals surface area contributed by atoms with E-state index in [9.17, 15) is 9.59 Å². The Balaban J connectivity index is 1.57. The molecule has 0 heterocycles. The van der Waals surface area contributed by atoms with Crippen molar-refractivity contribution in [2.75, 3.05) is 12.3 Å². The first-order valence-corrected chi connectivity index (χ1v) is 9.86. The van der Waals surface area contributed by atoms with Crippen molar-refractivity contribution in [3.8, 4) is 0 Å². The van der Waals surface area contributed by atoms with Crippen molar-refractivity contribution in [1.29, 1.82) is 0 Å². The van der Waals surface area contributed by atoms with Crippen LogP contribution in [-0.4, -0.2) is 30.2 Å². The van der Waals surface area contributed by atoms with Gasteiger partial charge in [-0.3, -0.25) is 9.59 Å². The van der Waals surface area contributed by atoms with E-state index < -0.39 is 0 Å². The van der Waals surface area contributed by atoms with Crippen LogP contribution in [0.25, 0.3) is 0 Å². The minimum Gasteiger partial charge on any atom is -0.352 e. The number of thioether (sulfide) groups is 1. The van der Waals surface area contributed by atoms with Crippen LogP contribution in [-0.2, 0) is 9.59 Å². The van der Waals surface area contributed by atoms with Crippen LogP contribution in [0.3, 0.4) is 0 Å². The zero-order valence-corrected chi connectivity index (χ0v) is 15.5. The molecule has 4 nitrogen and oxygen atoms in total. The molecular formula is C17H23BrN2O2S. The Kier molecular flexibility index (Phi) is 7.95. The molecule has 2 rings (SSSR count). The summed E-state index contributed by atoms with van der Waals surface area (Å²) < 4.78 is 1.04. The molecule has 1 fully saturated rings. The van der Waals surface area contributed by atoms with E-state index >= 15 is 0 Å². The summed E-state index contributed by atoms with van der Waals surface area (Å²) in [6.45, 7) is 0.0816. The number of hydrogen-bond acceptors (Lipinski definition) is 3. The second kappa shape index (κ2) is 9.98. The van der Waals surface area contributed by atoms with Crippen LogP contribution >= 0.6 is 27.7 Å². The molecule has 6 heteroatoms. The maximum Gasteiger partial charge on any atom is 0.239 e. The van der Waals surface area contributed by atoms with E-state index in [2.05, 4.69) is 26.6 Å². The molecule has 0 unspecified atom stereocenters. The average Bonchev–Trinajstić information content (AvgIpc) is 2.56. The highest BCUT2D eigenvalue weighted by Crippen LogP contribution is 2.21. The largest absolute Gasteiger partial charge is 0.352 e. The summed E-state index contributed by atoms with van der Waals surface area (Å²) in [4.78, 5) is 24.7. The Hall–Kier alpha value is -1.01. The molecule has 1 aliphatic carbocycles. The zero-order valence-electron chi connectivity index (χ0n) is 13.1. The van der Waals surface area contributed by atoms with Gasteiger partial charge in [0.1, 0.15) is 0 Å². The molecule has 2 amide bonds. The number of amides is 2. The van der Waals surface area contributed by atoms with Crippen LogP contribution in [0.5, 0.6) is 0 Å². The predicted molar refractivity (Wildman–Crippen MR) is 97.5 cm³/mol. The Morgan fingerprint density at radius 2 is 1.78 bits per heavy atom. The third-order valence-electron chi connectivity index (χ3n) is 3.83. The second-order valence-electron chi connectivity index (χ2n) is 5.73. The molecule has 23 heavy (non-hydrogen) atoms. The Morgan fingerprint density at radius 3 is 2.48 bits per heavy atom. The molecule has 126 valence electrons. The maximum absolute atomic E-state index is 11.8. The average molecular weight is 399 g/mol. The molecule has 1 aromatic carbocycles. The fraction of sp³-hybridized carbons (Fsp3) is 0.529. The lowest BCUT2D eigenvalue weighted by Gasteiger charge is -2.22. The third-order valence-corrected chi connectivity index (χ3v) is 5.37. The summed E-state index contributed by atoms with van der Waals surface area (Å²) in [6.07, 6.45) is 6.17. The highest BCUT2D eigenvalue weighted by molar-refractivity contribution is 9.10. The Bertz CT molecular complexity index is 516. The molecule has 1 aromatic rings. The van der Waals surface area contributed by atoms with Crippen molar-refractivity contribution in [3.05, 3.63) is 28.7 Å². The number of rotatable bonds is 7. The molecule has 0 aromatic heterocycles. The van der Waals surface area contributed by atoms with Gasteiger partial charge in [0.25, 0.3) is 0 Å². The first-order chi connectivity index (χ1) is 11.1. The molecule has 0 saturated heterocycles. The Morgan fingerprint density at radius 1 is 1.09 bits per heavy atom. The van der Waals surface area contributed by atoms with E-state index in [1.807, 2.05) is 24.3 Å². The SMILES string of the molecule is O=C(CCSc1ccc(Br)cc1)NCC(=O)NC1CCCCC1. The number of carbonyl (C=O) groups is 2. The van der Waals surface area contributed by atoms with Crippen LogP contribution in [0.2, 0.25) is 0 Å². The summed E-state index contributed by atoms with van der Waals surface area (Å²) in [7, 11) is 0. The first kappa shape index (κ1) is 18.3. The standard InChI is InChI=1S/C17H23BrN2O2S/c18-13-6-8-15(9-7-13)23-11-10-16(21)19-12-17(22)20-14-4-2-1-3-5-14/h6-9,14H,1-5,10-12H2,(H,19,21)(H,20,22). The van der Waals surface area contributed by atoms with Crippen molar-refractivity contribution < 1.29 is 9.59 Å². The maximum atomic E-state index is 11.8. The molecular weight excluding hydrogens is 376 g/mol. The van der Waals surface area contributed by atoms with Gasteiger partial charge >= 0.3 is 0 Å². The summed E-state index contributed by atoms with van der Waals surface area (Å²) in [5, 5.41) is 5.69. The first-order valence-electron chi connectivity index (χ1n) is 8.08. The number of benzene rings is 1. The monoisotopic (exact) mass is 398 g/mol. The Labute approximate surface area is 150 Å². The van der Waals surface area contributed by atoms with Gasteiger partial charge in [0.2, 0.25) is 11.8 Å². The van der Waals surface area contributed by atoms with Crippen molar-refractivity contribution >= 4 is 39.5 Å². The summed E-state index contributed by atoms with van der Waals surface area (Å²) in [5.41, 5.74) is 0. The number of carbonyl (C=O) groups excluding carboxylic acids is 2. The second-order valence-corrected chi connectivity index (χ2v) is 7.82. The lowest BCUT2D eigenvalue weighted by molar-refractivity contribution is -0.126. The lowest BCUT2D eigenvalue weighted by atomic mass is 9.95. The van der Waals surface area contributed by atoms with Crippen LogP contribution in [0.1, 0.15) is 38.5 Å². The van der Waals surface area contributed by atoms with E-state index in [1.54, 1.807) is 11.8 Å². The van der Waals surface area contributed by atoms with Gasteiger partial charge in [-0.25, -0.2) is 0 Å². The smallest absolute Gasteiger partial charge is 0.239 e. The van der Waals surface area contributed by atoms with Gasteiger partial charge in [0.15, 0.2) is 0 Å². The van der Waals surface area contributed by atoms with Gasteiger partial charge in [0.05, 0.1) is 6.54 Å². The fourth-order valence-electron chi connectivity index (χ4n) is 2.59. The number of halogens is 1. The molecule has 2 N–H and O–H groups in total. The highest BCUT2D eigenvalue weighted by atomic mass is 79.9. The van der Waals surface area contributed by atoms with Gasteiger partial charge in [-0.15, -0.1) is 11.8 Å². The summed E-state index contributed by atoms with van der Waals surface area (Å²) in [6, 6.07) is 8.30. The van der Waals surface area contributed by atoms with E-state index in [1.165, 1.54) is 19.3 Å². The normalized spacial score (nSPS) is 15.2. The van der Waals surface area contributed by atoms with Gasteiger partial charge in [-0.05, 0) is 37.1 Å². The van der Waals surface area contributed by atoms with E-state index in [0.717, 1.165) is 22.2 Å². The minimum atomic E-state index is -0.0780. The molecule has 0 atom stereocenters. The fourth-order valence-corrected chi connectivity index (χ4v) is 3.70. The number of hydrogen-bond donors (Lipinski definition) is 2. The molecule has 1 aliphatic rings. The quantitative estimate of drug-likeness (QED) is 0.690. The predicted octanol–water partition coefficient (Wildman–Crippen LogP) is 3.50. The zero-order chi connectivity index (χ0) is 16.5. The van der Waals surface area contributed by atoms with Crippen molar-refractivity contribution in [3.63, 3.8) is 0 Å². The van der Waals surface area contributed by atoms with E-state index in [0.29, 0.717) is 18.2 Å². The highest BCUT2D eigenvalue weighted by Gasteiger charge is 2.15. The molecule has 0 spiro atoms. The van der Waals surface area contributed by atoms with E-state index in [-0.39, 0.29) is 18.4 Å². The van der Waals surface area contributed by atoms with Gasteiger partial charge in [-0.2, -0.15) is 0 Å². The van der Waals surface area contributed by atoms with E-state index in [4.69, 9.17) is 0 Å². The van der Waals surface area contributed by atoms with Crippen LogP contribution in [0, 0.1) is 0 Å². The van der Waals surface area contributed by atoms with Crippen LogP contribution in [0.15, 0.2) is 33.6 Å². The van der Waals surface area contributed by atoms with Gasteiger partial charge < -0.3 is 10.6 Å². The minimum absolute atomic E-state index is 0.0756. The third kappa shape index (κ3) is 7.40. The summed E-state index contributed by atoms with van der Waals surface area (Å²) >= 11 is 5.03. The lowest BCUT2D eigenvalue weighted by Crippen LogP contribution is -2.42. The molecule has 0 aliphatic heterocycles. The topological polar surface area (TPSA) is 58.2 Å². The summed E-state index contributed by atoms with van der Waals surface area (Å²) in [5.74, 6) is 0.553. The van der Waals surface area contributed by atoms with Crippen molar-refractivity contribution in [2.45, 2.75) is 49.5 Å².